The van der Waals surface area contributed by atoms with Crippen molar-refractivity contribution in [1.82, 2.24) is 9.78 Å². The lowest BCUT2D eigenvalue weighted by molar-refractivity contribution is 0.171. The Morgan fingerprint density at radius 3 is 3.00 bits per heavy atom. The Balaban J connectivity index is 2.36. The molecule has 0 spiro atoms. The van der Waals surface area contributed by atoms with Crippen molar-refractivity contribution >= 4 is 22.5 Å². The van der Waals surface area contributed by atoms with Gasteiger partial charge >= 0.3 is 0 Å². The maximum absolute atomic E-state index is 12.1. The van der Waals surface area contributed by atoms with Crippen LogP contribution in [0.2, 0.25) is 0 Å². The van der Waals surface area contributed by atoms with Crippen LogP contribution < -0.4 is 5.56 Å². The zero-order valence-electron chi connectivity index (χ0n) is 9.54. The molecule has 0 aliphatic carbocycles. The van der Waals surface area contributed by atoms with E-state index in [1.165, 1.54) is 4.68 Å². The van der Waals surface area contributed by atoms with Gasteiger partial charge in [-0.1, -0.05) is 18.2 Å². The van der Waals surface area contributed by atoms with E-state index in [0.29, 0.717) is 11.1 Å². The number of fused-ring (bicyclic) bond motifs is 1. The number of rotatable bonds is 4. The second-order valence-corrected chi connectivity index (χ2v) is 4.74. The lowest BCUT2D eigenvalue weighted by atomic mass is 10.2. The van der Waals surface area contributed by atoms with Crippen molar-refractivity contribution in [3.8, 4) is 0 Å². The number of aliphatic hydroxyl groups is 1. The van der Waals surface area contributed by atoms with Gasteiger partial charge in [-0.05, 0) is 12.3 Å². The molecular formula is C12H14N2O2S. The zero-order chi connectivity index (χ0) is 12.3. The zero-order valence-corrected chi connectivity index (χ0v) is 10.4. The highest BCUT2D eigenvalue weighted by Crippen LogP contribution is 2.07. The molecule has 1 aromatic carbocycles. The Bertz CT molecular complexity index is 568. The van der Waals surface area contributed by atoms with Crippen LogP contribution in [0, 0.1) is 0 Å². The third-order valence-electron chi connectivity index (χ3n) is 2.50. The summed E-state index contributed by atoms with van der Waals surface area (Å²) in [6.07, 6.45) is 3.03. The van der Waals surface area contributed by atoms with Gasteiger partial charge in [0.1, 0.15) is 0 Å². The SMILES string of the molecule is CSC[C@H](O)Cn1ncc2ccccc2c1=O. The van der Waals surface area contributed by atoms with Crippen LogP contribution in [-0.4, -0.2) is 33.0 Å². The van der Waals surface area contributed by atoms with Crippen molar-refractivity contribution in [2.75, 3.05) is 12.0 Å². The molecule has 2 rings (SSSR count). The van der Waals surface area contributed by atoms with Crippen molar-refractivity contribution in [3.05, 3.63) is 40.8 Å². The highest BCUT2D eigenvalue weighted by Gasteiger charge is 2.08. The van der Waals surface area contributed by atoms with Crippen LogP contribution in [0.15, 0.2) is 35.3 Å². The normalized spacial score (nSPS) is 12.8. The molecule has 17 heavy (non-hydrogen) atoms. The third kappa shape index (κ3) is 2.68. The molecule has 0 saturated carbocycles. The Kier molecular flexibility index (Phi) is 3.81. The first-order valence-electron chi connectivity index (χ1n) is 5.34. The van der Waals surface area contributed by atoms with E-state index in [1.54, 1.807) is 24.0 Å². The minimum Gasteiger partial charge on any atom is -0.390 e. The van der Waals surface area contributed by atoms with E-state index in [9.17, 15) is 9.90 Å². The Hall–Kier alpha value is -1.33. The minimum absolute atomic E-state index is 0.150. The largest absolute Gasteiger partial charge is 0.390 e. The van der Waals surface area contributed by atoms with Gasteiger partial charge in [0.05, 0.1) is 24.2 Å². The highest BCUT2D eigenvalue weighted by atomic mass is 32.2. The quantitative estimate of drug-likeness (QED) is 0.883. The number of thioether (sulfide) groups is 1. The molecule has 2 aromatic rings. The van der Waals surface area contributed by atoms with Crippen molar-refractivity contribution in [2.45, 2.75) is 12.6 Å². The monoisotopic (exact) mass is 250 g/mol. The fraction of sp³-hybridized carbons (Fsp3) is 0.333. The van der Waals surface area contributed by atoms with Crippen molar-refractivity contribution in [2.24, 2.45) is 0 Å². The lowest BCUT2D eigenvalue weighted by Gasteiger charge is -2.10. The predicted molar refractivity (Wildman–Crippen MR) is 70.4 cm³/mol. The van der Waals surface area contributed by atoms with Gasteiger partial charge in [0.15, 0.2) is 0 Å². The fourth-order valence-corrected chi connectivity index (χ4v) is 2.19. The van der Waals surface area contributed by atoms with Gasteiger partial charge in [0.2, 0.25) is 0 Å². The standard InChI is InChI=1S/C12H14N2O2S/c1-17-8-10(15)7-14-12(16)11-5-3-2-4-9(11)6-13-14/h2-6,10,15H,7-8H2,1H3/t10-/m1/s1. The molecule has 1 aromatic heterocycles. The summed E-state index contributed by atoms with van der Waals surface area (Å²) in [5, 5.41) is 15.2. The molecule has 5 heteroatoms. The summed E-state index contributed by atoms with van der Waals surface area (Å²) in [5.74, 6) is 0.598. The van der Waals surface area contributed by atoms with Gasteiger partial charge in [-0.3, -0.25) is 4.79 Å². The first kappa shape index (κ1) is 12.1. The van der Waals surface area contributed by atoms with Crippen molar-refractivity contribution in [1.29, 1.82) is 0 Å². The molecule has 90 valence electrons. The minimum atomic E-state index is -0.545. The van der Waals surface area contributed by atoms with Gasteiger partial charge in [-0.15, -0.1) is 0 Å². The average molecular weight is 250 g/mol. The number of benzene rings is 1. The molecule has 0 aliphatic rings. The van der Waals surface area contributed by atoms with E-state index in [2.05, 4.69) is 5.10 Å². The summed E-state index contributed by atoms with van der Waals surface area (Å²) in [5.41, 5.74) is -0.150. The second kappa shape index (κ2) is 5.33. The number of aliphatic hydroxyl groups excluding tert-OH is 1. The van der Waals surface area contributed by atoms with Crippen LogP contribution in [0.1, 0.15) is 0 Å². The third-order valence-corrected chi connectivity index (χ3v) is 3.22. The van der Waals surface area contributed by atoms with Crippen molar-refractivity contribution in [3.63, 3.8) is 0 Å². The van der Waals surface area contributed by atoms with E-state index in [-0.39, 0.29) is 12.1 Å². The molecule has 0 saturated heterocycles. The first-order chi connectivity index (χ1) is 8.22. The van der Waals surface area contributed by atoms with E-state index >= 15 is 0 Å². The molecule has 0 fully saturated rings. The molecule has 1 heterocycles. The number of hydrogen-bond donors (Lipinski definition) is 1. The van der Waals surface area contributed by atoms with E-state index in [0.717, 1.165) is 5.39 Å². The van der Waals surface area contributed by atoms with Gasteiger partial charge < -0.3 is 5.11 Å². The summed E-state index contributed by atoms with van der Waals surface area (Å²) in [7, 11) is 0. The maximum atomic E-state index is 12.1. The predicted octanol–water partition coefficient (Wildman–Crippen LogP) is 1.12. The molecular weight excluding hydrogens is 236 g/mol. The fourth-order valence-electron chi connectivity index (χ4n) is 1.70. The summed E-state index contributed by atoms with van der Waals surface area (Å²) < 4.78 is 1.32. The highest BCUT2D eigenvalue weighted by molar-refractivity contribution is 7.98. The summed E-state index contributed by atoms with van der Waals surface area (Å²) >= 11 is 1.55. The molecule has 4 nitrogen and oxygen atoms in total. The molecule has 0 bridgehead atoms. The van der Waals surface area contributed by atoms with E-state index in [1.807, 2.05) is 24.5 Å². The number of nitrogens with zero attached hydrogens (tertiary/aromatic N) is 2. The summed E-state index contributed by atoms with van der Waals surface area (Å²) in [6.45, 7) is 0.241. The van der Waals surface area contributed by atoms with Crippen molar-refractivity contribution < 1.29 is 5.11 Å². The molecule has 0 amide bonds. The van der Waals surface area contributed by atoms with Crippen LogP contribution in [0.5, 0.6) is 0 Å². The number of hydrogen-bond acceptors (Lipinski definition) is 4. The second-order valence-electron chi connectivity index (χ2n) is 3.83. The van der Waals surface area contributed by atoms with Gasteiger partial charge in [-0.25, -0.2) is 4.68 Å². The maximum Gasteiger partial charge on any atom is 0.274 e. The summed E-state index contributed by atoms with van der Waals surface area (Å²) in [4.78, 5) is 12.1. The van der Waals surface area contributed by atoms with Crippen LogP contribution in [0.4, 0.5) is 0 Å². The number of aromatic nitrogens is 2. The molecule has 0 radical (unpaired) electrons. The summed E-state index contributed by atoms with van der Waals surface area (Å²) in [6, 6.07) is 7.33. The molecule has 1 N–H and O–H groups in total. The van der Waals surface area contributed by atoms with E-state index in [4.69, 9.17) is 0 Å². The van der Waals surface area contributed by atoms with Gasteiger partial charge in [-0.2, -0.15) is 16.9 Å². The molecule has 0 unspecified atom stereocenters. The molecule has 0 aliphatic heterocycles. The van der Waals surface area contributed by atoms with Gasteiger partial charge in [0.25, 0.3) is 5.56 Å². The lowest BCUT2D eigenvalue weighted by Crippen LogP contribution is -2.29. The topological polar surface area (TPSA) is 55.1 Å². The van der Waals surface area contributed by atoms with Crippen LogP contribution in [0.3, 0.4) is 0 Å². The smallest absolute Gasteiger partial charge is 0.274 e. The van der Waals surface area contributed by atoms with Crippen LogP contribution in [-0.2, 0) is 6.54 Å². The molecule has 1 atom stereocenters. The van der Waals surface area contributed by atoms with Gasteiger partial charge in [0, 0.05) is 11.1 Å². The Morgan fingerprint density at radius 1 is 1.47 bits per heavy atom. The Morgan fingerprint density at radius 2 is 2.24 bits per heavy atom. The Labute approximate surface area is 103 Å². The van der Waals surface area contributed by atoms with Crippen LogP contribution >= 0.6 is 11.8 Å². The van der Waals surface area contributed by atoms with E-state index < -0.39 is 6.10 Å². The average Bonchev–Trinajstić information content (AvgIpc) is 2.33. The first-order valence-corrected chi connectivity index (χ1v) is 6.73. The van der Waals surface area contributed by atoms with Crippen LogP contribution in [0.25, 0.3) is 10.8 Å².